The van der Waals surface area contributed by atoms with Crippen molar-refractivity contribution in [1.29, 1.82) is 0 Å². The van der Waals surface area contributed by atoms with E-state index in [2.05, 4.69) is 4.98 Å². The van der Waals surface area contributed by atoms with Crippen molar-refractivity contribution < 1.29 is 9.53 Å². The molecule has 3 aromatic rings. The van der Waals surface area contributed by atoms with Crippen LogP contribution in [-0.4, -0.2) is 21.6 Å². The summed E-state index contributed by atoms with van der Waals surface area (Å²) in [5.74, 6) is -0.403. The molecule has 1 atom stereocenters. The summed E-state index contributed by atoms with van der Waals surface area (Å²) in [6.45, 7) is 5.44. The van der Waals surface area contributed by atoms with Gasteiger partial charge < -0.3 is 4.74 Å². The van der Waals surface area contributed by atoms with Gasteiger partial charge in [-0.15, -0.1) is 11.3 Å². The van der Waals surface area contributed by atoms with E-state index in [0.29, 0.717) is 16.6 Å². The summed E-state index contributed by atoms with van der Waals surface area (Å²) in [6.07, 6.45) is 1.69. The lowest BCUT2D eigenvalue weighted by atomic mass is 10.2. The van der Waals surface area contributed by atoms with Crippen LogP contribution in [0.15, 0.2) is 47.5 Å². The van der Waals surface area contributed by atoms with Crippen LogP contribution in [0.2, 0.25) is 0 Å². The third-order valence-electron chi connectivity index (χ3n) is 3.88. The Morgan fingerprint density at radius 3 is 2.64 bits per heavy atom. The second-order valence-electron chi connectivity index (χ2n) is 6.06. The van der Waals surface area contributed by atoms with Crippen LogP contribution in [-0.2, 0) is 9.53 Å². The van der Waals surface area contributed by atoms with Crippen molar-refractivity contribution in [3.8, 4) is 10.4 Å². The van der Waals surface area contributed by atoms with Gasteiger partial charge in [0.2, 0.25) is 0 Å². The molecule has 0 spiro atoms. The number of thiophene rings is 1. The van der Waals surface area contributed by atoms with Crippen molar-refractivity contribution in [3.05, 3.63) is 53.1 Å². The number of rotatable bonds is 5. The first-order valence-corrected chi connectivity index (χ1v) is 9.09. The van der Waals surface area contributed by atoms with Crippen molar-refractivity contribution in [2.75, 3.05) is 0 Å². The lowest BCUT2D eigenvalue weighted by molar-refractivity contribution is -0.151. The lowest BCUT2D eigenvalue weighted by Gasteiger charge is -2.18. The number of carbonyl (C=O) groups is 1. The van der Waals surface area contributed by atoms with E-state index in [9.17, 15) is 9.59 Å². The minimum atomic E-state index is -0.660. The summed E-state index contributed by atoms with van der Waals surface area (Å²) < 4.78 is 6.66. The summed E-state index contributed by atoms with van der Waals surface area (Å²) in [4.78, 5) is 31.2. The number of hydrogen-bond donors (Lipinski definition) is 0. The number of nitrogens with zero attached hydrogens (tertiary/aromatic N) is 2. The highest BCUT2D eigenvalue weighted by Gasteiger charge is 2.23. The minimum absolute atomic E-state index is 0.212. The number of hydrogen-bond acceptors (Lipinski definition) is 5. The molecule has 0 bridgehead atoms. The Bertz CT molecular complexity index is 944. The van der Waals surface area contributed by atoms with E-state index < -0.39 is 12.0 Å². The van der Waals surface area contributed by atoms with Crippen molar-refractivity contribution in [2.45, 2.75) is 39.3 Å². The van der Waals surface area contributed by atoms with Gasteiger partial charge in [-0.25, -0.2) is 9.78 Å². The highest BCUT2D eigenvalue weighted by atomic mass is 32.1. The fourth-order valence-electron chi connectivity index (χ4n) is 2.69. The van der Waals surface area contributed by atoms with Gasteiger partial charge in [0, 0.05) is 4.88 Å². The molecule has 5 nitrogen and oxygen atoms in total. The number of fused-ring (bicyclic) bond motifs is 1. The first-order chi connectivity index (χ1) is 12.0. The van der Waals surface area contributed by atoms with Crippen LogP contribution < -0.4 is 5.56 Å². The molecular weight excluding hydrogens is 336 g/mol. The van der Waals surface area contributed by atoms with Crippen LogP contribution in [0.5, 0.6) is 0 Å². The number of ether oxygens (including phenoxy) is 1. The van der Waals surface area contributed by atoms with Gasteiger partial charge in [-0.05, 0) is 31.9 Å². The molecule has 3 rings (SSSR count). The first kappa shape index (κ1) is 17.4. The lowest BCUT2D eigenvalue weighted by Crippen LogP contribution is -2.31. The zero-order valence-corrected chi connectivity index (χ0v) is 15.2. The van der Waals surface area contributed by atoms with Gasteiger partial charge in [0.15, 0.2) is 0 Å². The number of benzene rings is 1. The molecule has 0 saturated heterocycles. The second-order valence-corrected chi connectivity index (χ2v) is 7.09. The second kappa shape index (κ2) is 7.19. The van der Waals surface area contributed by atoms with Gasteiger partial charge in [0.05, 0.1) is 17.8 Å². The van der Waals surface area contributed by atoms with E-state index in [1.807, 2.05) is 43.3 Å². The summed E-state index contributed by atoms with van der Waals surface area (Å²) in [5.41, 5.74) is 0.832. The standard InChI is InChI=1S/C19H20N2O3S/c1-4-15(19(23)24-12(2)3)21-11-20-17-14(18(21)22)10-16(25-17)13-8-6-5-7-9-13/h5-12,15H,4H2,1-3H3. The van der Waals surface area contributed by atoms with Crippen LogP contribution in [0.3, 0.4) is 0 Å². The Morgan fingerprint density at radius 2 is 2.00 bits per heavy atom. The van der Waals surface area contributed by atoms with E-state index in [0.717, 1.165) is 10.4 Å². The molecule has 0 fully saturated rings. The number of aromatic nitrogens is 2. The quantitative estimate of drug-likeness (QED) is 0.648. The Kier molecular flexibility index (Phi) is 4.99. The monoisotopic (exact) mass is 356 g/mol. The van der Waals surface area contributed by atoms with E-state index >= 15 is 0 Å². The molecule has 130 valence electrons. The fraction of sp³-hybridized carbons (Fsp3) is 0.316. The molecule has 0 radical (unpaired) electrons. The molecular formula is C19H20N2O3S. The number of esters is 1. The van der Waals surface area contributed by atoms with Crippen LogP contribution in [0.4, 0.5) is 0 Å². The number of carbonyl (C=O) groups excluding carboxylic acids is 1. The van der Waals surface area contributed by atoms with Gasteiger partial charge in [0.1, 0.15) is 10.9 Å². The summed E-state index contributed by atoms with van der Waals surface area (Å²) in [7, 11) is 0. The first-order valence-electron chi connectivity index (χ1n) is 8.27. The topological polar surface area (TPSA) is 61.2 Å². The van der Waals surface area contributed by atoms with Crippen molar-refractivity contribution in [2.24, 2.45) is 0 Å². The Labute approximate surface area is 149 Å². The molecule has 6 heteroatoms. The molecule has 0 aliphatic heterocycles. The van der Waals surface area contributed by atoms with Crippen molar-refractivity contribution in [1.82, 2.24) is 9.55 Å². The van der Waals surface area contributed by atoms with Crippen LogP contribution in [0, 0.1) is 0 Å². The highest BCUT2D eigenvalue weighted by Crippen LogP contribution is 2.30. The maximum Gasteiger partial charge on any atom is 0.329 e. The largest absolute Gasteiger partial charge is 0.461 e. The summed E-state index contributed by atoms with van der Waals surface area (Å²) >= 11 is 1.47. The Balaban J connectivity index is 2.05. The molecule has 0 aliphatic carbocycles. The van der Waals surface area contributed by atoms with Crippen molar-refractivity contribution in [3.63, 3.8) is 0 Å². The smallest absolute Gasteiger partial charge is 0.329 e. The fourth-order valence-corrected chi connectivity index (χ4v) is 3.69. The van der Waals surface area contributed by atoms with Gasteiger partial charge in [-0.3, -0.25) is 9.36 Å². The third kappa shape index (κ3) is 3.49. The predicted octanol–water partition coefficient (Wildman–Crippen LogP) is 4.03. The zero-order valence-electron chi connectivity index (χ0n) is 14.4. The zero-order chi connectivity index (χ0) is 18.0. The summed E-state index contributed by atoms with van der Waals surface area (Å²) in [6, 6.07) is 11.1. The van der Waals surface area contributed by atoms with E-state index in [1.165, 1.54) is 22.2 Å². The van der Waals surface area contributed by atoms with Gasteiger partial charge in [-0.1, -0.05) is 37.3 Å². The minimum Gasteiger partial charge on any atom is -0.461 e. The normalized spacial score (nSPS) is 12.5. The maximum absolute atomic E-state index is 12.9. The SMILES string of the molecule is CCC(C(=O)OC(C)C)n1cnc2sc(-c3ccccc3)cc2c1=O. The molecule has 0 amide bonds. The Morgan fingerprint density at radius 1 is 1.28 bits per heavy atom. The average Bonchev–Trinajstić information content (AvgIpc) is 3.03. The van der Waals surface area contributed by atoms with Crippen LogP contribution in [0.25, 0.3) is 20.7 Å². The van der Waals surface area contributed by atoms with Crippen LogP contribution in [0.1, 0.15) is 33.2 Å². The summed E-state index contributed by atoms with van der Waals surface area (Å²) in [5, 5.41) is 0.530. The Hall–Kier alpha value is -2.47. The molecule has 2 heterocycles. The highest BCUT2D eigenvalue weighted by molar-refractivity contribution is 7.21. The van der Waals surface area contributed by atoms with Gasteiger partial charge in [-0.2, -0.15) is 0 Å². The molecule has 1 unspecified atom stereocenters. The average molecular weight is 356 g/mol. The molecule has 0 aliphatic rings. The molecule has 1 aromatic carbocycles. The molecule has 0 saturated carbocycles. The predicted molar refractivity (Wildman–Crippen MR) is 99.9 cm³/mol. The van der Waals surface area contributed by atoms with E-state index in [-0.39, 0.29) is 11.7 Å². The van der Waals surface area contributed by atoms with Crippen molar-refractivity contribution >= 4 is 27.5 Å². The van der Waals surface area contributed by atoms with E-state index in [4.69, 9.17) is 4.74 Å². The van der Waals surface area contributed by atoms with E-state index in [1.54, 1.807) is 13.8 Å². The molecule has 0 N–H and O–H groups in total. The third-order valence-corrected chi connectivity index (χ3v) is 4.97. The molecule has 25 heavy (non-hydrogen) atoms. The van der Waals surface area contributed by atoms with Gasteiger partial charge in [0.25, 0.3) is 5.56 Å². The maximum atomic E-state index is 12.9. The van der Waals surface area contributed by atoms with Gasteiger partial charge >= 0.3 is 5.97 Å². The van der Waals surface area contributed by atoms with Crippen LogP contribution >= 0.6 is 11.3 Å². The molecule has 2 aromatic heterocycles.